The Morgan fingerprint density at radius 3 is 2.58 bits per heavy atom. The van der Waals surface area contributed by atoms with Gasteiger partial charge in [-0.05, 0) is 49.7 Å². The number of alkyl halides is 3. The van der Waals surface area contributed by atoms with E-state index in [1.165, 1.54) is 18.6 Å². The van der Waals surface area contributed by atoms with Crippen LogP contribution in [0.2, 0.25) is 10.0 Å². The zero-order valence-corrected chi connectivity index (χ0v) is 22.7. The first-order valence-electron chi connectivity index (χ1n) is 12.2. The number of nitrogens with one attached hydrogen (secondary N) is 2. The summed E-state index contributed by atoms with van der Waals surface area (Å²) < 4.78 is 74.0. The third-order valence-corrected chi connectivity index (χ3v) is 9.04. The average molecular weight is 594 g/mol. The molecule has 1 amide bonds. The van der Waals surface area contributed by atoms with Crippen LogP contribution in [0.4, 0.5) is 13.2 Å². The molecule has 2 aromatic carbocycles. The number of amides is 1. The molecule has 0 bridgehead atoms. The molecule has 1 saturated heterocycles. The van der Waals surface area contributed by atoms with Gasteiger partial charge in [-0.3, -0.25) is 9.69 Å². The zero-order chi connectivity index (χ0) is 27.5. The Bertz CT molecular complexity index is 1270. The first-order valence-corrected chi connectivity index (χ1v) is 14.5. The summed E-state index contributed by atoms with van der Waals surface area (Å²) >= 11 is 11.7. The summed E-state index contributed by atoms with van der Waals surface area (Å²) in [6, 6.07) is 6.01. The van der Waals surface area contributed by atoms with Gasteiger partial charge in [-0.25, -0.2) is 8.42 Å². The van der Waals surface area contributed by atoms with E-state index >= 15 is 0 Å². The molecule has 7 nitrogen and oxygen atoms in total. The van der Waals surface area contributed by atoms with Crippen molar-refractivity contribution in [1.82, 2.24) is 14.9 Å². The Kier molecular flexibility index (Phi) is 9.14. The van der Waals surface area contributed by atoms with E-state index in [4.69, 9.17) is 27.9 Å². The van der Waals surface area contributed by atoms with E-state index in [0.29, 0.717) is 17.7 Å². The Labute approximate surface area is 229 Å². The normalized spacial score (nSPS) is 19.3. The topological polar surface area (TPSA) is 87.7 Å². The van der Waals surface area contributed by atoms with Crippen molar-refractivity contribution < 1.29 is 31.1 Å². The van der Waals surface area contributed by atoms with Gasteiger partial charge in [-0.1, -0.05) is 47.8 Å². The number of sulfonamides is 1. The molecule has 0 aromatic heterocycles. The summed E-state index contributed by atoms with van der Waals surface area (Å²) in [7, 11) is -4.73. The summed E-state index contributed by atoms with van der Waals surface area (Å²) in [4.78, 5) is 14.5. The lowest BCUT2D eigenvalue weighted by Gasteiger charge is -2.30. The molecule has 208 valence electrons. The molecule has 2 atom stereocenters. The quantitative estimate of drug-likeness (QED) is 0.438. The van der Waals surface area contributed by atoms with E-state index in [1.54, 1.807) is 4.72 Å². The van der Waals surface area contributed by atoms with Gasteiger partial charge in [0.25, 0.3) is 0 Å². The maximum absolute atomic E-state index is 13.8. The largest absolute Gasteiger partial charge is 0.493 e. The molecule has 0 aliphatic carbocycles. The van der Waals surface area contributed by atoms with Crippen LogP contribution in [0.1, 0.15) is 49.3 Å². The maximum atomic E-state index is 13.8. The molecule has 0 spiro atoms. The van der Waals surface area contributed by atoms with Gasteiger partial charge in [0.1, 0.15) is 16.7 Å². The Balaban J connectivity index is 1.44. The molecule has 13 heteroatoms. The van der Waals surface area contributed by atoms with Crippen molar-refractivity contribution in [3.8, 4) is 5.75 Å². The fourth-order valence-electron chi connectivity index (χ4n) is 4.66. The molecular weight excluding hydrogens is 566 g/mol. The van der Waals surface area contributed by atoms with Crippen LogP contribution in [0.15, 0.2) is 41.3 Å². The van der Waals surface area contributed by atoms with Crippen molar-refractivity contribution in [3.63, 3.8) is 0 Å². The lowest BCUT2D eigenvalue weighted by Crippen LogP contribution is -2.48. The molecule has 2 aliphatic heterocycles. The van der Waals surface area contributed by atoms with Gasteiger partial charge in [-0.15, -0.1) is 0 Å². The predicted octanol–water partition coefficient (Wildman–Crippen LogP) is 5.22. The highest BCUT2D eigenvalue weighted by Crippen LogP contribution is 2.34. The Morgan fingerprint density at radius 1 is 1.13 bits per heavy atom. The molecule has 0 unspecified atom stereocenters. The summed E-state index contributed by atoms with van der Waals surface area (Å²) in [5.41, 5.74) is 1.73. The second-order valence-corrected chi connectivity index (χ2v) is 11.9. The van der Waals surface area contributed by atoms with Crippen LogP contribution in [0.3, 0.4) is 0 Å². The van der Waals surface area contributed by atoms with E-state index in [1.807, 2.05) is 18.2 Å². The predicted molar refractivity (Wildman–Crippen MR) is 138 cm³/mol. The molecule has 2 heterocycles. The number of piperidine rings is 1. The summed E-state index contributed by atoms with van der Waals surface area (Å²) in [5.74, 6) is -0.373. The van der Waals surface area contributed by atoms with Crippen LogP contribution in [-0.4, -0.2) is 51.1 Å². The molecule has 4 rings (SSSR count). The minimum absolute atomic E-state index is 0.131. The number of halogens is 5. The lowest BCUT2D eigenvalue weighted by molar-refractivity contribution is -0.158. The van der Waals surface area contributed by atoms with Gasteiger partial charge < -0.3 is 10.1 Å². The SMILES string of the molecule is O=C(C[C@@H](NS(=O)(=O)c1cccc(Cl)c1Cl)C(F)(F)F)N[C@@H]1CCOc2cc(CN3CCCCC3)ccc21. The molecule has 2 N–H and O–H groups in total. The second kappa shape index (κ2) is 12.0. The van der Waals surface area contributed by atoms with Crippen LogP contribution < -0.4 is 14.8 Å². The lowest BCUT2D eigenvalue weighted by atomic mass is 9.98. The fraction of sp³-hybridized carbons (Fsp3) is 0.480. The second-order valence-electron chi connectivity index (χ2n) is 9.44. The van der Waals surface area contributed by atoms with E-state index in [9.17, 15) is 26.4 Å². The average Bonchev–Trinajstić information content (AvgIpc) is 2.85. The van der Waals surface area contributed by atoms with Crippen molar-refractivity contribution in [1.29, 1.82) is 0 Å². The van der Waals surface area contributed by atoms with E-state index in [-0.39, 0.29) is 11.6 Å². The standard InChI is InChI=1S/C25H28Cl2F3N3O4S/c26-18-5-4-6-21(24(18)27)38(35,36)32-22(25(28,29)30)14-23(34)31-19-9-12-37-20-13-16(7-8-17(19)20)15-33-10-2-1-3-11-33/h4-8,13,19,22,32H,1-3,9-12,14-15H2,(H,31,34)/t19-,22-/m1/s1. The van der Waals surface area contributed by atoms with Crippen molar-refractivity contribution in [2.75, 3.05) is 19.7 Å². The minimum atomic E-state index is -5.04. The van der Waals surface area contributed by atoms with Crippen molar-refractivity contribution in [2.45, 2.75) is 61.8 Å². The monoisotopic (exact) mass is 593 g/mol. The van der Waals surface area contributed by atoms with Crippen LogP contribution in [0.25, 0.3) is 0 Å². The molecule has 0 saturated carbocycles. The summed E-state index contributed by atoms with van der Waals surface area (Å²) in [6.07, 6.45) is -2.26. The van der Waals surface area contributed by atoms with Gasteiger partial charge in [0.05, 0.1) is 29.1 Å². The van der Waals surface area contributed by atoms with Crippen LogP contribution in [-0.2, 0) is 21.4 Å². The van der Waals surface area contributed by atoms with Crippen LogP contribution >= 0.6 is 23.2 Å². The number of carbonyl (C=O) groups excluding carboxylic acids is 1. The highest BCUT2D eigenvalue weighted by Gasteiger charge is 2.44. The van der Waals surface area contributed by atoms with Crippen LogP contribution in [0.5, 0.6) is 5.75 Å². The minimum Gasteiger partial charge on any atom is -0.493 e. The Morgan fingerprint density at radius 2 is 1.87 bits per heavy atom. The van der Waals surface area contributed by atoms with E-state index in [0.717, 1.165) is 44.1 Å². The number of hydrogen-bond acceptors (Lipinski definition) is 5. The third-order valence-electron chi connectivity index (χ3n) is 6.60. The first-order chi connectivity index (χ1) is 17.9. The number of likely N-dealkylation sites (tertiary alicyclic amines) is 1. The molecule has 1 fully saturated rings. The third kappa shape index (κ3) is 7.12. The fourth-order valence-corrected chi connectivity index (χ4v) is 6.65. The van der Waals surface area contributed by atoms with Gasteiger partial charge in [-0.2, -0.15) is 17.9 Å². The molecule has 38 heavy (non-hydrogen) atoms. The smallest absolute Gasteiger partial charge is 0.405 e. The van der Waals surface area contributed by atoms with Crippen LogP contribution in [0, 0.1) is 0 Å². The number of benzene rings is 2. The molecule has 2 aromatic rings. The molecule has 0 radical (unpaired) electrons. The summed E-state index contributed by atoms with van der Waals surface area (Å²) in [6.45, 7) is 3.12. The Hall–Kier alpha value is -2.05. The number of hydrogen-bond donors (Lipinski definition) is 2. The van der Waals surface area contributed by atoms with Gasteiger partial charge in [0, 0.05) is 18.5 Å². The van der Waals surface area contributed by atoms with Crippen molar-refractivity contribution in [2.24, 2.45) is 0 Å². The van der Waals surface area contributed by atoms with Gasteiger partial charge >= 0.3 is 6.18 Å². The van der Waals surface area contributed by atoms with Gasteiger partial charge in [0.15, 0.2) is 0 Å². The molecule has 2 aliphatic rings. The zero-order valence-electron chi connectivity index (χ0n) is 20.4. The van der Waals surface area contributed by atoms with Gasteiger partial charge in [0.2, 0.25) is 15.9 Å². The number of ether oxygens (including phenoxy) is 1. The van der Waals surface area contributed by atoms with Crippen molar-refractivity contribution in [3.05, 3.63) is 57.6 Å². The number of fused-ring (bicyclic) bond motifs is 1. The highest BCUT2D eigenvalue weighted by molar-refractivity contribution is 7.89. The van der Waals surface area contributed by atoms with E-state index in [2.05, 4.69) is 10.2 Å². The summed E-state index contributed by atoms with van der Waals surface area (Å²) in [5, 5.41) is 2.07. The first kappa shape index (κ1) is 28.9. The maximum Gasteiger partial charge on any atom is 0.405 e. The highest BCUT2D eigenvalue weighted by atomic mass is 35.5. The number of rotatable bonds is 8. The van der Waals surface area contributed by atoms with E-state index < -0.39 is 50.5 Å². The van der Waals surface area contributed by atoms with Crippen molar-refractivity contribution >= 4 is 39.1 Å². The number of carbonyl (C=O) groups is 1. The number of nitrogens with zero attached hydrogens (tertiary/aromatic N) is 1. The molecular formula is C25H28Cl2F3N3O4S.